The van der Waals surface area contributed by atoms with Gasteiger partial charge in [0.1, 0.15) is 16.2 Å². The fourth-order valence-electron chi connectivity index (χ4n) is 2.36. The number of carbonyl (C=O) groups excluding carboxylic acids is 2. The van der Waals surface area contributed by atoms with Crippen molar-refractivity contribution in [2.24, 2.45) is 0 Å². The third-order valence-corrected chi connectivity index (χ3v) is 6.93. The zero-order valence-corrected chi connectivity index (χ0v) is 11.9. The summed E-state index contributed by atoms with van der Waals surface area (Å²) in [7, 11) is -3.73. The Balaban J connectivity index is 2.48. The number of rotatable bonds is 2. The van der Waals surface area contributed by atoms with Crippen LogP contribution in [0.5, 0.6) is 0 Å². The molecular weight excluding hydrogens is 305 g/mol. The third kappa shape index (κ3) is 1.44. The average molecular weight is 316 g/mol. The molecule has 9 heteroatoms. The van der Waals surface area contributed by atoms with Crippen molar-refractivity contribution in [3.63, 3.8) is 0 Å². The molecule has 102 valence electrons. The molecule has 2 fully saturated rings. The largest absolute Gasteiger partial charge is 0.448 e. The summed E-state index contributed by atoms with van der Waals surface area (Å²) in [6.07, 6.45) is 0. The van der Waals surface area contributed by atoms with Crippen molar-refractivity contribution in [2.45, 2.75) is 35.4 Å². The lowest BCUT2D eigenvalue weighted by Crippen LogP contribution is -2.64. The van der Waals surface area contributed by atoms with Gasteiger partial charge in [0.15, 0.2) is 21.3 Å². The Morgan fingerprint density at radius 2 is 2.06 bits per heavy atom. The summed E-state index contributed by atoms with van der Waals surface area (Å²) in [6, 6.07) is -1.60. The average Bonchev–Trinajstić information content (AvgIpc) is 2.41. The van der Waals surface area contributed by atoms with Crippen LogP contribution in [0.1, 0.15) is 13.8 Å². The smallest absolute Gasteiger partial charge is 0.331 e. The second kappa shape index (κ2) is 3.98. The fourth-order valence-corrected chi connectivity index (χ4v) is 5.21. The van der Waals surface area contributed by atoms with Crippen LogP contribution in [0.15, 0.2) is 0 Å². The molecule has 0 spiro atoms. The Morgan fingerprint density at radius 1 is 1.50 bits per heavy atom. The molecule has 2 saturated heterocycles. The van der Waals surface area contributed by atoms with Gasteiger partial charge in [-0.3, -0.25) is 4.79 Å². The van der Waals surface area contributed by atoms with Gasteiger partial charge in [-0.1, -0.05) is 11.6 Å². The minimum Gasteiger partial charge on any atom is -0.448 e. The van der Waals surface area contributed by atoms with E-state index < -0.39 is 49.3 Å². The van der Waals surface area contributed by atoms with Crippen molar-refractivity contribution in [3.8, 4) is 0 Å². The van der Waals surface area contributed by atoms with Gasteiger partial charge in [0.05, 0.1) is 0 Å². The number of fused-ring (bicyclic) bond motifs is 1. The topological polar surface area (TPSA) is 80.8 Å². The molecule has 0 saturated carbocycles. The number of hydrogen-bond acceptors (Lipinski definition) is 5. The highest BCUT2D eigenvalue weighted by molar-refractivity contribution is 7.94. The highest BCUT2D eigenvalue weighted by atomic mass is 35.5. The predicted molar refractivity (Wildman–Crippen MR) is 63.9 cm³/mol. The van der Waals surface area contributed by atoms with Gasteiger partial charge in [-0.15, -0.1) is 11.6 Å². The Kier molecular flexibility index (Phi) is 3.07. The van der Waals surface area contributed by atoms with Gasteiger partial charge in [-0.25, -0.2) is 13.2 Å². The molecule has 1 amide bonds. The summed E-state index contributed by atoms with van der Waals surface area (Å²) in [5, 5.41) is -2.29. The third-order valence-electron chi connectivity index (χ3n) is 3.42. The lowest BCUT2D eigenvalue weighted by molar-refractivity contribution is -0.159. The first-order valence-corrected chi connectivity index (χ1v) is 7.62. The second-order valence-corrected chi connectivity index (χ2v) is 7.97. The summed E-state index contributed by atoms with van der Waals surface area (Å²) in [6.45, 7) is 2.75. The number of β-lactam (4-membered cyclic amide) rings is 1. The molecule has 2 aliphatic rings. The molecule has 2 aliphatic heterocycles. The molecule has 0 aromatic heterocycles. The van der Waals surface area contributed by atoms with Crippen LogP contribution >= 0.6 is 23.2 Å². The maximum absolute atomic E-state index is 12.2. The molecular formula is C9H11Cl2NO5S. The van der Waals surface area contributed by atoms with Gasteiger partial charge >= 0.3 is 5.97 Å². The van der Waals surface area contributed by atoms with E-state index >= 15 is 0 Å². The van der Waals surface area contributed by atoms with Gasteiger partial charge in [0.25, 0.3) is 0 Å². The Bertz CT molecular complexity index is 517. The molecule has 0 aromatic carbocycles. The minimum atomic E-state index is -3.73. The number of esters is 1. The van der Waals surface area contributed by atoms with Gasteiger partial charge in [-0.2, -0.15) is 0 Å². The van der Waals surface area contributed by atoms with Crippen LogP contribution in [0.2, 0.25) is 0 Å². The first-order valence-electron chi connectivity index (χ1n) is 5.10. The van der Waals surface area contributed by atoms with E-state index in [1.807, 2.05) is 0 Å². The quantitative estimate of drug-likeness (QED) is 0.409. The van der Waals surface area contributed by atoms with Crippen LogP contribution in [0.4, 0.5) is 0 Å². The van der Waals surface area contributed by atoms with Crippen LogP contribution in [-0.4, -0.2) is 52.8 Å². The normalized spacial score (nSPS) is 35.9. The fraction of sp³-hybridized carbons (Fsp3) is 0.778. The molecule has 0 unspecified atom stereocenters. The molecule has 2 rings (SSSR count). The van der Waals surface area contributed by atoms with E-state index in [0.29, 0.717) is 0 Å². The maximum Gasteiger partial charge on any atom is 0.331 e. The van der Waals surface area contributed by atoms with Crippen LogP contribution in [0.3, 0.4) is 0 Å². The molecule has 18 heavy (non-hydrogen) atoms. The number of carbonyl (C=O) groups is 2. The lowest BCUT2D eigenvalue weighted by Gasteiger charge is -2.39. The summed E-state index contributed by atoms with van der Waals surface area (Å²) in [5.74, 6) is -1.41. The van der Waals surface area contributed by atoms with Crippen molar-refractivity contribution < 1.29 is 22.7 Å². The van der Waals surface area contributed by atoms with Crippen molar-refractivity contribution in [2.75, 3.05) is 6.07 Å². The Morgan fingerprint density at radius 3 is 2.56 bits per heavy atom. The molecule has 0 bridgehead atoms. The van der Waals surface area contributed by atoms with Crippen molar-refractivity contribution in [1.82, 2.24) is 4.90 Å². The van der Waals surface area contributed by atoms with Crippen molar-refractivity contribution in [3.05, 3.63) is 0 Å². The van der Waals surface area contributed by atoms with Crippen LogP contribution in [-0.2, 0) is 24.2 Å². The van der Waals surface area contributed by atoms with Gasteiger partial charge in [-0.05, 0) is 13.8 Å². The van der Waals surface area contributed by atoms with E-state index in [2.05, 4.69) is 4.74 Å². The van der Waals surface area contributed by atoms with Gasteiger partial charge in [0, 0.05) is 0 Å². The number of alkyl halides is 2. The SMILES string of the molecule is CC1(C)[C@H](C(=O)OCCl)N2C(=O)[C@H](Cl)[C@H]2S1(=O)=O. The first kappa shape index (κ1) is 13.9. The number of sulfone groups is 1. The highest BCUT2D eigenvalue weighted by Crippen LogP contribution is 2.47. The van der Waals surface area contributed by atoms with E-state index in [9.17, 15) is 18.0 Å². The number of hydrogen-bond donors (Lipinski definition) is 0. The lowest BCUT2D eigenvalue weighted by atomic mass is 9.98. The van der Waals surface area contributed by atoms with E-state index in [4.69, 9.17) is 23.2 Å². The maximum atomic E-state index is 12.2. The Labute approximate surface area is 114 Å². The summed E-state index contributed by atoms with van der Waals surface area (Å²) < 4.78 is 27.6. The number of amides is 1. The summed E-state index contributed by atoms with van der Waals surface area (Å²) in [4.78, 5) is 24.4. The molecule has 0 aliphatic carbocycles. The molecule has 0 N–H and O–H groups in total. The molecule has 2 heterocycles. The van der Waals surface area contributed by atoms with Crippen LogP contribution in [0, 0.1) is 0 Å². The first-order chi connectivity index (χ1) is 8.17. The predicted octanol–water partition coefficient (Wildman–Crippen LogP) is 0.0772. The minimum absolute atomic E-state index is 0.400. The number of halogens is 2. The van der Waals surface area contributed by atoms with Crippen molar-refractivity contribution in [1.29, 1.82) is 0 Å². The molecule has 0 radical (unpaired) electrons. The van der Waals surface area contributed by atoms with E-state index in [1.165, 1.54) is 13.8 Å². The zero-order chi connectivity index (χ0) is 13.9. The monoisotopic (exact) mass is 315 g/mol. The number of nitrogens with zero attached hydrogens (tertiary/aromatic N) is 1. The van der Waals surface area contributed by atoms with Gasteiger partial charge in [0.2, 0.25) is 5.91 Å². The standard InChI is InChI=1S/C9H11Cl2NO5S/c1-9(2)5(8(14)17-3-10)12-6(13)4(11)7(12)18(9,15)16/h4-5,7H,3H2,1-2H3/t4-,5-,7+/m0/s1. The second-order valence-electron chi connectivity index (χ2n) is 4.66. The zero-order valence-electron chi connectivity index (χ0n) is 9.59. The van der Waals surface area contributed by atoms with Crippen molar-refractivity contribution >= 4 is 44.9 Å². The highest BCUT2D eigenvalue weighted by Gasteiger charge is 2.72. The van der Waals surface area contributed by atoms with E-state index in [0.717, 1.165) is 4.90 Å². The summed E-state index contributed by atoms with van der Waals surface area (Å²) in [5.41, 5.74) is 0. The molecule has 3 atom stereocenters. The van der Waals surface area contributed by atoms with E-state index in [-0.39, 0.29) is 0 Å². The van der Waals surface area contributed by atoms with Crippen LogP contribution < -0.4 is 0 Å². The van der Waals surface area contributed by atoms with Gasteiger partial charge < -0.3 is 9.64 Å². The number of ether oxygens (including phenoxy) is 1. The molecule has 6 nitrogen and oxygen atoms in total. The Hall–Kier alpha value is -0.530. The summed E-state index contributed by atoms with van der Waals surface area (Å²) >= 11 is 11.0. The molecule has 0 aromatic rings. The van der Waals surface area contributed by atoms with Crippen LogP contribution in [0.25, 0.3) is 0 Å². The van der Waals surface area contributed by atoms with E-state index in [1.54, 1.807) is 0 Å².